The highest BCUT2D eigenvalue weighted by molar-refractivity contribution is 5.86. The number of rotatable bonds is 7. The maximum Gasteiger partial charge on any atom is 0.129 e. The lowest BCUT2D eigenvalue weighted by molar-refractivity contribution is 0.545. The lowest BCUT2D eigenvalue weighted by Crippen LogP contribution is -2.18. The van der Waals surface area contributed by atoms with Crippen LogP contribution in [0.5, 0.6) is 0 Å². The number of aryl methyl sites for hydroxylation is 1. The van der Waals surface area contributed by atoms with E-state index in [9.17, 15) is 8.78 Å². The number of aromatic amines is 1. The summed E-state index contributed by atoms with van der Waals surface area (Å²) in [5.74, 6) is -0.338. The quantitative estimate of drug-likeness (QED) is 0.313. The van der Waals surface area contributed by atoms with Crippen molar-refractivity contribution < 1.29 is 8.78 Å². The largest absolute Gasteiger partial charge is 0.339 e. The SMILES string of the molecule is Cc1cccc(-c2[nH]c(CNCCc3c(F)cccc3F)nc2-c2ccc3ncccc3c2)n1. The number of H-pyrrole nitrogens is 1. The molecule has 0 amide bonds. The summed E-state index contributed by atoms with van der Waals surface area (Å²) in [6.45, 7) is 2.78. The van der Waals surface area contributed by atoms with E-state index in [0.717, 1.165) is 39.2 Å². The van der Waals surface area contributed by atoms with Crippen LogP contribution in [0.3, 0.4) is 0 Å². The van der Waals surface area contributed by atoms with Crippen molar-refractivity contribution in [2.75, 3.05) is 6.54 Å². The fourth-order valence-corrected chi connectivity index (χ4v) is 4.00. The molecule has 0 saturated carbocycles. The first-order valence-corrected chi connectivity index (χ1v) is 11.1. The molecule has 0 bridgehead atoms. The van der Waals surface area contributed by atoms with Gasteiger partial charge < -0.3 is 10.3 Å². The van der Waals surface area contributed by atoms with Gasteiger partial charge in [0.2, 0.25) is 0 Å². The summed E-state index contributed by atoms with van der Waals surface area (Å²) in [5, 5.41) is 4.26. The summed E-state index contributed by atoms with van der Waals surface area (Å²) in [5.41, 5.74) is 5.28. The Hall–Kier alpha value is -3.97. The number of imidazole rings is 1. The highest BCUT2D eigenvalue weighted by Crippen LogP contribution is 2.31. The van der Waals surface area contributed by atoms with Crippen LogP contribution in [-0.2, 0) is 13.0 Å². The number of nitrogens with one attached hydrogen (secondary N) is 2. The van der Waals surface area contributed by atoms with E-state index in [4.69, 9.17) is 4.98 Å². The van der Waals surface area contributed by atoms with E-state index in [0.29, 0.717) is 18.9 Å². The predicted molar refractivity (Wildman–Crippen MR) is 129 cm³/mol. The Bertz CT molecular complexity index is 1440. The molecule has 170 valence electrons. The van der Waals surface area contributed by atoms with Crippen molar-refractivity contribution in [3.05, 3.63) is 102 Å². The van der Waals surface area contributed by atoms with E-state index in [1.165, 1.54) is 18.2 Å². The fraction of sp³-hybridized carbons (Fsp3) is 0.148. The number of halogens is 2. The van der Waals surface area contributed by atoms with E-state index in [-0.39, 0.29) is 12.0 Å². The minimum Gasteiger partial charge on any atom is -0.339 e. The molecule has 0 aliphatic carbocycles. The van der Waals surface area contributed by atoms with Gasteiger partial charge in [-0.05, 0) is 62.4 Å². The summed E-state index contributed by atoms with van der Waals surface area (Å²) in [6, 6.07) is 19.8. The number of nitrogens with zero attached hydrogens (tertiary/aromatic N) is 3. The van der Waals surface area contributed by atoms with Crippen LogP contribution in [0, 0.1) is 18.6 Å². The Morgan fingerprint density at radius 2 is 1.74 bits per heavy atom. The molecule has 0 aliphatic rings. The third kappa shape index (κ3) is 4.56. The van der Waals surface area contributed by atoms with Gasteiger partial charge in [-0.3, -0.25) is 9.97 Å². The average molecular weight is 456 g/mol. The van der Waals surface area contributed by atoms with Crippen molar-refractivity contribution in [2.45, 2.75) is 19.9 Å². The standard InChI is InChI=1S/C27H23F2N5/c1-17-5-2-9-24(32-17)27-26(19-10-11-23-18(15-19)6-4-13-31-23)33-25(34-27)16-30-14-12-20-21(28)7-3-8-22(20)29/h2-11,13,15,30H,12,14,16H2,1H3,(H,33,34). The first-order chi connectivity index (χ1) is 16.6. The summed E-state index contributed by atoms with van der Waals surface area (Å²) in [4.78, 5) is 17.3. The minimum atomic E-state index is -0.527. The lowest BCUT2D eigenvalue weighted by Gasteiger charge is -2.05. The molecular weight excluding hydrogens is 432 g/mol. The highest BCUT2D eigenvalue weighted by Gasteiger charge is 2.16. The first kappa shape index (κ1) is 21.9. The molecule has 0 unspecified atom stereocenters. The molecule has 3 aromatic heterocycles. The lowest BCUT2D eigenvalue weighted by atomic mass is 10.1. The van der Waals surface area contributed by atoms with Crippen LogP contribution in [0.25, 0.3) is 33.5 Å². The number of aromatic nitrogens is 4. The monoisotopic (exact) mass is 455 g/mol. The van der Waals surface area contributed by atoms with Gasteiger partial charge >= 0.3 is 0 Å². The van der Waals surface area contributed by atoms with Crippen LogP contribution in [0.15, 0.2) is 72.9 Å². The van der Waals surface area contributed by atoms with Crippen LogP contribution in [0.4, 0.5) is 8.78 Å². The molecule has 5 rings (SSSR count). The second-order valence-electron chi connectivity index (χ2n) is 8.11. The van der Waals surface area contributed by atoms with Crippen LogP contribution in [-0.4, -0.2) is 26.5 Å². The summed E-state index contributed by atoms with van der Waals surface area (Å²) < 4.78 is 27.8. The van der Waals surface area contributed by atoms with E-state index in [1.807, 2.05) is 49.4 Å². The van der Waals surface area contributed by atoms with Crippen molar-refractivity contribution in [1.82, 2.24) is 25.3 Å². The van der Waals surface area contributed by atoms with Gasteiger partial charge in [-0.2, -0.15) is 0 Å². The van der Waals surface area contributed by atoms with E-state index < -0.39 is 11.6 Å². The van der Waals surface area contributed by atoms with Gasteiger partial charge in [0, 0.05) is 28.4 Å². The molecule has 5 aromatic rings. The Kier molecular flexibility index (Phi) is 6.10. The molecule has 0 atom stereocenters. The van der Waals surface area contributed by atoms with Crippen LogP contribution in [0.2, 0.25) is 0 Å². The summed E-state index contributed by atoms with van der Waals surface area (Å²) >= 11 is 0. The Morgan fingerprint density at radius 1 is 0.912 bits per heavy atom. The molecule has 5 nitrogen and oxygen atoms in total. The molecule has 0 spiro atoms. The van der Waals surface area contributed by atoms with Crippen molar-refractivity contribution in [3.8, 4) is 22.6 Å². The van der Waals surface area contributed by atoms with E-state index in [1.54, 1.807) is 6.20 Å². The van der Waals surface area contributed by atoms with Crippen molar-refractivity contribution in [3.63, 3.8) is 0 Å². The van der Waals surface area contributed by atoms with Gasteiger partial charge in [-0.15, -0.1) is 0 Å². The first-order valence-electron chi connectivity index (χ1n) is 11.1. The maximum atomic E-state index is 13.9. The zero-order chi connectivity index (χ0) is 23.5. The maximum absolute atomic E-state index is 13.9. The molecule has 0 saturated heterocycles. The normalized spacial score (nSPS) is 11.3. The van der Waals surface area contributed by atoms with Crippen LogP contribution >= 0.6 is 0 Å². The smallest absolute Gasteiger partial charge is 0.129 e. The second kappa shape index (κ2) is 9.49. The van der Waals surface area contributed by atoms with Gasteiger partial charge in [0.15, 0.2) is 0 Å². The number of benzene rings is 2. The molecule has 2 aromatic carbocycles. The zero-order valence-electron chi connectivity index (χ0n) is 18.6. The Labute approximate surface area is 195 Å². The van der Waals surface area contributed by atoms with Crippen LogP contribution in [0.1, 0.15) is 17.1 Å². The second-order valence-corrected chi connectivity index (χ2v) is 8.11. The molecular formula is C27H23F2N5. The number of fused-ring (bicyclic) bond motifs is 1. The van der Waals surface area contributed by atoms with Crippen molar-refractivity contribution >= 4 is 10.9 Å². The number of pyridine rings is 2. The van der Waals surface area contributed by atoms with Crippen molar-refractivity contribution in [1.29, 1.82) is 0 Å². The molecule has 2 N–H and O–H groups in total. The molecule has 0 aliphatic heterocycles. The third-order valence-electron chi connectivity index (χ3n) is 5.68. The minimum absolute atomic E-state index is 0.0876. The van der Waals surface area contributed by atoms with E-state index in [2.05, 4.69) is 26.3 Å². The zero-order valence-corrected chi connectivity index (χ0v) is 18.6. The topological polar surface area (TPSA) is 66.5 Å². The Morgan fingerprint density at radius 3 is 2.56 bits per heavy atom. The van der Waals surface area contributed by atoms with Gasteiger partial charge in [-0.1, -0.05) is 24.3 Å². The fourth-order valence-electron chi connectivity index (χ4n) is 4.00. The summed E-state index contributed by atoms with van der Waals surface area (Å²) in [7, 11) is 0. The van der Waals surface area contributed by atoms with Gasteiger partial charge in [0.05, 0.1) is 29.1 Å². The molecule has 0 fully saturated rings. The van der Waals surface area contributed by atoms with Crippen molar-refractivity contribution in [2.24, 2.45) is 0 Å². The number of hydrogen-bond donors (Lipinski definition) is 2. The molecule has 3 heterocycles. The average Bonchev–Trinajstić information content (AvgIpc) is 3.27. The highest BCUT2D eigenvalue weighted by atomic mass is 19.1. The molecule has 0 radical (unpaired) electrons. The van der Waals surface area contributed by atoms with Crippen LogP contribution < -0.4 is 5.32 Å². The third-order valence-corrected chi connectivity index (χ3v) is 5.68. The number of hydrogen-bond acceptors (Lipinski definition) is 4. The van der Waals surface area contributed by atoms with Gasteiger partial charge in [0.1, 0.15) is 17.5 Å². The van der Waals surface area contributed by atoms with Gasteiger partial charge in [-0.25, -0.2) is 13.8 Å². The Balaban J connectivity index is 1.42. The van der Waals surface area contributed by atoms with E-state index >= 15 is 0 Å². The molecule has 34 heavy (non-hydrogen) atoms. The molecule has 7 heteroatoms. The summed E-state index contributed by atoms with van der Waals surface area (Å²) in [6.07, 6.45) is 2.02. The van der Waals surface area contributed by atoms with Gasteiger partial charge in [0.25, 0.3) is 0 Å². The predicted octanol–water partition coefficient (Wildman–Crippen LogP) is 5.61.